The first-order valence-corrected chi connectivity index (χ1v) is 8.93. The SMILES string of the molecule is Cc1csc2nc(CN(Cc3ccc(F)cc3)C3CC3)cc(=O)n12. The average molecular weight is 343 g/mol. The van der Waals surface area contributed by atoms with Gasteiger partial charge in [0.2, 0.25) is 0 Å². The predicted molar refractivity (Wildman–Crippen MR) is 92.7 cm³/mol. The molecule has 1 aromatic carbocycles. The number of fused-ring (bicyclic) bond motifs is 1. The van der Waals surface area contributed by atoms with Crippen LogP contribution in [-0.2, 0) is 13.1 Å². The van der Waals surface area contributed by atoms with Gasteiger partial charge in [0.15, 0.2) is 4.96 Å². The molecule has 0 atom stereocenters. The first-order valence-electron chi connectivity index (χ1n) is 8.05. The summed E-state index contributed by atoms with van der Waals surface area (Å²) in [6, 6.07) is 8.78. The summed E-state index contributed by atoms with van der Waals surface area (Å²) in [6.07, 6.45) is 2.33. The van der Waals surface area contributed by atoms with Gasteiger partial charge in [-0.25, -0.2) is 9.37 Å². The van der Waals surface area contributed by atoms with Crippen molar-refractivity contribution in [3.05, 3.63) is 68.8 Å². The molecule has 0 saturated heterocycles. The Bertz CT molecular complexity index is 928. The van der Waals surface area contributed by atoms with Gasteiger partial charge in [0.25, 0.3) is 5.56 Å². The Balaban J connectivity index is 1.59. The zero-order valence-corrected chi connectivity index (χ0v) is 14.2. The van der Waals surface area contributed by atoms with Gasteiger partial charge in [0.05, 0.1) is 5.69 Å². The number of thiazole rings is 1. The van der Waals surface area contributed by atoms with E-state index in [0.29, 0.717) is 12.6 Å². The van der Waals surface area contributed by atoms with Crippen LogP contribution in [0.25, 0.3) is 4.96 Å². The monoisotopic (exact) mass is 343 g/mol. The molecule has 1 saturated carbocycles. The van der Waals surface area contributed by atoms with Gasteiger partial charge in [0.1, 0.15) is 5.82 Å². The fourth-order valence-corrected chi connectivity index (χ4v) is 3.86. The second kappa shape index (κ2) is 6.11. The van der Waals surface area contributed by atoms with Gasteiger partial charge in [0, 0.05) is 36.3 Å². The van der Waals surface area contributed by atoms with Crippen LogP contribution in [0.4, 0.5) is 4.39 Å². The number of aryl methyl sites for hydroxylation is 1. The predicted octanol–water partition coefficient (Wildman–Crippen LogP) is 3.37. The van der Waals surface area contributed by atoms with Crippen molar-refractivity contribution < 1.29 is 4.39 Å². The Hall–Kier alpha value is -2.05. The molecule has 2 aromatic heterocycles. The largest absolute Gasteiger partial charge is 0.290 e. The lowest BCUT2D eigenvalue weighted by Crippen LogP contribution is -2.27. The standard InChI is InChI=1S/C18H18FN3OS/c1-12-11-24-18-20-15(8-17(23)22(12)18)10-21(16-6-7-16)9-13-2-4-14(19)5-3-13/h2-5,8,11,16H,6-7,9-10H2,1H3. The fraction of sp³-hybridized carbons (Fsp3) is 0.333. The summed E-state index contributed by atoms with van der Waals surface area (Å²) in [5.74, 6) is -0.218. The van der Waals surface area contributed by atoms with Crippen LogP contribution >= 0.6 is 11.3 Å². The lowest BCUT2D eigenvalue weighted by molar-refractivity contribution is 0.242. The first kappa shape index (κ1) is 15.5. The van der Waals surface area contributed by atoms with E-state index in [2.05, 4.69) is 9.88 Å². The molecule has 0 spiro atoms. The third kappa shape index (κ3) is 3.12. The lowest BCUT2D eigenvalue weighted by Gasteiger charge is -2.21. The fourth-order valence-electron chi connectivity index (χ4n) is 2.97. The quantitative estimate of drug-likeness (QED) is 0.713. The van der Waals surface area contributed by atoms with Crippen molar-refractivity contribution >= 4 is 16.3 Å². The normalized spacial score (nSPS) is 14.6. The molecule has 1 fully saturated rings. The summed E-state index contributed by atoms with van der Waals surface area (Å²) < 4.78 is 14.7. The van der Waals surface area contributed by atoms with Gasteiger partial charge in [-0.15, -0.1) is 11.3 Å². The van der Waals surface area contributed by atoms with Crippen LogP contribution in [0.15, 0.2) is 40.5 Å². The molecule has 2 heterocycles. The summed E-state index contributed by atoms with van der Waals surface area (Å²) in [7, 11) is 0. The smallest absolute Gasteiger partial charge is 0.259 e. The molecule has 0 bridgehead atoms. The molecule has 4 nitrogen and oxygen atoms in total. The lowest BCUT2D eigenvalue weighted by atomic mass is 10.2. The number of nitrogens with zero attached hydrogens (tertiary/aromatic N) is 3. The van der Waals surface area contributed by atoms with Gasteiger partial charge in [-0.05, 0) is 37.5 Å². The molecule has 3 aromatic rings. The van der Waals surface area contributed by atoms with Crippen LogP contribution < -0.4 is 5.56 Å². The zero-order valence-electron chi connectivity index (χ0n) is 13.4. The van der Waals surface area contributed by atoms with Gasteiger partial charge >= 0.3 is 0 Å². The van der Waals surface area contributed by atoms with Crippen LogP contribution in [0.1, 0.15) is 29.8 Å². The Labute approximate surface area is 143 Å². The van der Waals surface area contributed by atoms with Crippen molar-refractivity contribution in [2.75, 3.05) is 0 Å². The van der Waals surface area contributed by atoms with E-state index in [1.807, 2.05) is 24.4 Å². The van der Waals surface area contributed by atoms with Crippen molar-refractivity contribution in [1.82, 2.24) is 14.3 Å². The molecule has 0 unspecified atom stereocenters. The number of aromatic nitrogens is 2. The Kier molecular flexibility index (Phi) is 3.94. The summed E-state index contributed by atoms with van der Waals surface area (Å²) in [5.41, 5.74) is 2.78. The van der Waals surface area contributed by atoms with E-state index < -0.39 is 0 Å². The molecule has 0 N–H and O–H groups in total. The number of hydrogen-bond donors (Lipinski definition) is 0. The maximum atomic E-state index is 13.1. The van der Waals surface area contributed by atoms with Gasteiger partial charge in [-0.2, -0.15) is 0 Å². The first-order chi connectivity index (χ1) is 11.6. The maximum absolute atomic E-state index is 13.1. The van der Waals surface area contributed by atoms with E-state index in [4.69, 9.17) is 0 Å². The van der Waals surface area contributed by atoms with Crippen LogP contribution in [0, 0.1) is 12.7 Å². The Morgan fingerprint density at radius 1 is 1.29 bits per heavy atom. The van der Waals surface area contributed by atoms with Gasteiger partial charge in [-0.1, -0.05) is 12.1 Å². The molecular formula is C18H18FN3OS. The summed E-state index contributed by atoms with van der Waals surface area (Å²) >= 11 is 1.49. The molecule has 0 aliphatic heterocycles. The molecule has 1 aliphatic rings. The van der Waals surface area contributed by atoms with Crippen molar-refractivity contribution in [3.63, 3.8) is 0 Å². The van der Waals surface area contributed by atoms with Crippen molar-refractivity contribution in [3.8, 4) is 0 Å². The minimum absolute atomic E-state index is 0.0220. The second-order valence-electron chi connectivity index (χ2n) is 6.34. The van der Waals surface area contributed by atoms with E-state index >= 15 is 0 Å². The summed E-state index contributed by atoms with van der Waals surface area (Å²) in [4.78, 5) is 20.0. The molecule has 24 heavy (non-hydrogen) atoms. The Morgan fingerprint density at radius 3 is 2.75 bits per heavy atom. The molecule has 0 radical (unpaired) electrons. The molecular weight excluding hydrogens is 325 g/mol. The second-order valence-corrected chi connectivity index (χ2v) is 7.18. The highest BCUT2D eigenvalue weighted by Gasteiger charge is 2.29. The highest BCUT2D eigenvalue weighted by molar-refractivity contribution is 7.15. The van der Waals surface area contributed by atoms with Crippen LogP contribution in [0.2, 0.25) is 0 Å². The minimum atomic E-state index is -0.218. The molecule has 1 aliphatic carbocycles. The van der Waals surface area contributed by atoms with E-state index in [0.717, 1.165) is 28.5 Å². The molecule has 6 heteroatoms. The summed E-state index contributed by atoms with van der Waals surface area (Å²) in [5, 5.41) is 1.95. The number of benzene rings is 1. The number of halogens is 1. The van der Waals surface area contributed by atoms with E-state index in [9.17, 15) is 9.18 Å². The topological polar surface area (TPSA) is 37.6 Å². The van der Waals surface area contributed by atoms with E-state index in [1.165, 1.54) is 36.3 Å². The van der Waals surface area contributed by atoms with Crippen LogP contribution in [-0.4, -0.2) is 20.3 Å². The highest BCUT2D eigenvalue weighted by Crippen LogP contribution is 2.29. The van der Waals surface area contributed by atoms with Crippen molar-refractivity contribution in [2.24, 2.45) is 0 Å². The number of hydrogen-bond acceptors (Lipinski definition) is 4. The Morgan fingerprint density at radius 2 is 2.04 bits per heavy atom. The average Bonchev–Trinajstić information content (AvgIpc) is 3.33. The minimum Gasteiger partial charge on any atom is -0.290 e. The zero-order chi connectivity index (χ0) is 16.7. The number of rotatable bonds is 5. The third-order valence-electron chi connectivity index (χ3n) is 4.36. The highest BCUT2D eigenvalue weighted by atomic mass is 32.1. The van der Waals surface area contributed by atoms with E-state index in [-0.39, 0.29) is 11.4 Å². The van der Waals surface area contributed by atoms with Crippen LogP contribution in [0.3, 0.4) is 0 Å². The van der Waals surface area contributed by atoms with Gasteiger partial charge in [-0.3, -0.25) is 14.1 Å². The van der Waals surface area contributed by atoms with Crippen molar-refractivity contribution in [1.29, 1.82) is 0 Å². The molecule has 0 amide bonds. The summed E-state index contributed by atoms with van der Waals surface area (Å²) in [6.45, 7) is 3.30. The van der Waals surface area contributed by atoms with Crippen LogP contribution in [0.5, 0.6) is 0 Å². The van der Waals surface area contributed by atoms with Gasteiger partial charge < -0.3 is 0 Å². The molecule has 4 rings (SSSR count). The van der Waals surface area contributed by atoms with Crippen molar-refractivity contribution in [2.45, 2.75) is 38.9 Å². The molecule has 124 valence electrons. The third-order valence-corrected chi connectivity index (χ3v) is 5.30. The van der Waals surface area contributed by atoms with E-state index in [1.54, 1.807) is 10.5 Å². The maximum Gasteiger partial charge on any atom is 0.259 e.